The SMILES string of the molecule is CCN(CC)c1ccc(Nc2cc(C(=O)NCc3ccco3)ccn2)c(C)c1. The Hall–Kier alpha value is -3.28. The summed E-state index contributed by atoms with van der Waals surface area (Å²) in [5.41, 5.74) is 3.84. The number of aryl methyl sites for hydroxylation is 1. The zero-order valence-corrected chi connectivity index (χ0v) is 16.5. The molecule has 0 unspecified atom stereocenters. The predicted octanol–water partition coefficient (Wildman–Crippen LogP) is 4.50. The zero-order valence-electron chi connectivity index (χ0n) is 16.5. The van der Waals surface area contributed by atoms with Crippen LogP contribution < -0.4 is 15.5 Å². The molecule has 3 aromatic rings. The number of hydrogen-bond acceptors (Lipinski definition) is 5. The van der Waals surface area contributed by atoms with Crippen molar-refractivity contribution < 1.29 is 9.21 Å². The predicted molar refractivity (Wildman–Crippen MR) is 112 cm³/mol. The number of carbonyl (C=O) groups excluding carboxylic acids is 1. The van der Waals surface area contributed by atoms with E-state index in [1.807, 2.05) is 12.1 Å². The van der Waals surface area contributed by atoms with Crippen molar-refractivity contribution in [3.05, 3.63) is 71.8 Å². The molecule has 2 N–H and O–H groups in total. The van der Waals surface area contributed by atoms with E-state index in [9.17, 15) is 4.79 Å². The number of nitrogens with one attached hydrogen (secondary N) is 2. The van der Waals surface area contributed by atoms with E-state index in [0.29, 0.717) is 23.7 Å². The first kappa shape index (κ1) is 19.5. The summed E-state index contributed by atoms with van der Waals surface area (Å²) < 4.78 is 5.24. The van der Waals surface area contributed by atoms with Gasteiger partial charge in [0.25, 0.3) is 5.91 Å². The van der Waals surface area contributed by atoms with Crippen molar-refractivity contribution in [2.45, 2.75) is 27.3 Å². The molecule has 0 bridgehead atoms. The highest BCUT2D eigenvalue weighted by atomic mass is 16.3. The van der Waals surface area contributed by atoms with Gasteiger partial charge in [0, 0.05) is 36.2 Å². The van der Waals surface area contributed by atoms with E-state index < -0.39 is 0 Å². The summed E-state index contributed by atoms with van der Waals surface area (Å²) in [5.74, 6) is 1.17. The molecular formula is C22H26N4O2. The number of furan rings is 1. The third-order valence-electron chi connectivity index (χ3n) is 4.63. The minimum atomic E-state index is -0.171. The molecule has 1 aromatic carbocycles. The van der Waals surface area contributed by atoms with Crippen LogP contribution in [0.3, 0.4) is 0 Å². The van der Waals surface area contributed by atoms with E-state index in [1.54, 1.807) is 30.7 Å². The fourth-order valence-electron chi connectivity index (χ4n) is 3.03. The smallest absolute Gasteiger partial charge is 0.251 e. The van der Waals surface area contributed by atoms with E-state index >= 15 is 0 Å². The summed E-state index contributed by atoms with van der Waals surface area (Å²) in [6.45, 7) is 8.66. The molecule has 2 aromatic heterocycles. The van der Waals surface area contributed by atoms with Crippen molar-refractivity contribution in [3.63, 3.8) is 0 Å². The van der Waals surface area contributed by atoms with Crippen LogP contribution in [-0.2, 0) is 6.54 Å². The summed E-state index contributed by atoms with van der Waals surface area (Å²) in [5, 5.41) is 6.15. The first-order valence-electron chi connectivity index (χ1n) is 9.50. The Morgan fingerprint density at radius 3 is 2.64 bits per heavy atom. The molecule has 1 amide bonds. The maximum Gasteiger partial charge on any atom is 0.251 e. The van der Waals surface area contributed by atoms with Crippen LogP contribution in [0.5, 0.6) is 0 Å². The number of amides is 1. The van der Waals surface area contributed by atoms with E-state index in [2.05, 4.69) is 53.4 Å². The molecule has 0 spiro atoms. The van der Waals surface area contributed by atoms with Gasteiger partial charge < -0.3 is 20.0 Å². The van der Waals surface area contributed by atoms with Gasteiger partial charge in [0.1, 0.15) is 11.6 Å². The molecule has 0 aliphatic heterocycles. The summed E-state index contributed by atoms with van der Waals surface area (Å²) >= 11 is 0. The largest absolute Gasteiger partial charge is 0.467 e. The lowest BCUT2D eigenvalue weighted by Gasteiger charge is -2.22. The maximum absolute atomic E-state index is 12.4. The second-order valence-electron chi connectivity index (χ2n) is 6.49. The van der Waals surface area contributed by atoms with Crippen LogP contribution >= 0.6 is 0 Å². The van der Waals surface area contributed by atoms with Gasteiger partial charge in [0.15, 0.2) is 0 Å². The summed E-state index contributed by atoms with van der Waals surface area (Å²) in [4.78, 5) is 19.0. The van der Waals surface area contributed by atoms with Gasteiger partial charge in [-0.3, -0.25) is 4.79 Å². The molecule has 6 nitrogen and oxygen atoms in total. The van der Waals surface area contributed by atoms with Crippen LogP contribution in [-0.4, -0.2) is 24.0 Å². The minimum absolute atomic E-state index is 0.171. The van der Waals surface area contributed by atoms with Crippen molar-refractivity contribution in [1.29, 1.82) is 0 Å². The Kier molecular flexibility index (Phi) is 6.32. The molecule has 3 rings (SSSR count). The molecule has 28 heavy (non-hydrogen) atoms. The van der Waals surface area contributed by atoms with Gasteiger partial charge in [-0.05, 0) is 68.8 Å². The molecule has 0 radical (unpaired) electrons. The second kappa shape index (κ2) is 9.08. The normalized spacial score (nSPS) is 10.5. The van der Waals surface area contributed by atoms with Crippen LogP contribution in [0, 0.1) is 6.92 Å². The summed E-state index contributed by atoms with van der Waals surface area (Å²) in [6.07, 6.45) is 3.22. The lowest BCUT2D eigenvalue weighted by molar-refractivity contribution is 0.0948. The molecule has 146 valence electrons. The van der Waals surface area contributed by atoms with Crippen molar-refractivity contribution in [1.82, 2.24) is 10.3 Å². The first-order chi connectivity index (χ1) is 13.6. The second-order valence-corrected chi connectivity index (χ2v) is 6.49. The average molecular weight is 378 g/mol. The quantitative estimate of drug-likeness (QED) is 0.604. The summed E-state index contributed by atoms with van der Waals surface area (Å²) in [6, 6.07) is 13.4. The van der Waals surface area contributed by atoms with Gasteiger partial charge in [-0.25, -0.2) is 4.98 Å². The number of pyridine rings is 1. The molecule has 0 fully saturated rings. The van der Waals surface area contributed by atoms with E-state index in [0.717, 1.165) is 24.3 Å². The van der Waals surface area contributed by atoms with Crippen molar-refractivity contribution in [2.24, 2.45) is 0 Å². The molecule has 0 aliphatic rings. The van der Waals surface area contributed by atoms with Gasteiger partial charge in [-0.15, -0.1) is 0 Å². The molecule has 2 heterocycles. The monoisotopic (exact) mass is 378 g/mol. The molecule has 0 saturated carbocycles. The fraction of sp³-hybridized carbons (Fsp3) is 0.273. The van der Waals surface area contributed by atoms with Crippen LogP contribution in [0.25, 0.3) is 0 Å². The van der Waals surface area contributed by atoms with Gasteiger partial charge in [0.05, 0.1) is 12.8 Å². The topological polar surface area (TPSA) is 70.4 Å². The number of nitrogens with zero attached hydrogens (tertiary/aromatic N) is 2. The van der Waals surface area contributed by atoms with Gasteiger partial charge in [0.2, 0.25) is 0 Å². The zero-order chi connectivity index (χ0) is 19.9. The van der Waals surface area contributed by atoms with Crippen LogP contribution in [0.1, 0.15) is 35.5 Å². The fourth-order valence-corrected chi connectivity index (χ4v) is 3.03. The maximum atomic E-state index is 12.4. The number of anilines is 3. The number of rotatable bonds is 8. The first-order valence-corrected chi connectivity index (χ1v) is 9.50. The third-order valence-corrected chi connectivity index (χ3v) is 4.63. The Morgan fingerprint density at radius 1 is 1.14 bits per heavy atom. The highest BCUT2D eigenvalue weighted by Crippen LogP contribution is 2.25. The number of hydrogen-bond donors (Lipinski definition) is 2. The van der Waals surface area contributed by atoms with E-state index in [-0.39, 0.29) is 5.91 Å². The number of carbonyl (C=O) groups is 1. The number of aromatic nitrogens is 1. The standard InChI is InChI=1S/C22H26N4O2/c1-4-26(5-2)18-8-9-20(16(3)13-18)25-21-14-17(10-11-23-21)22(27)24-15-19-7-6-12-28-19/h6-14H,4-5,15H2,1-3H3,(H,23,25)(H,24,27). The van der Waals surface area contributed by atoms with Gasteiger partial charge >= 0.3 is 0 Å². The average Bonchev–Trinajstić information content (AvgIpc) is 3.23. The highest BCUT2D eigenvalue weighted by Gasteiger charge is 2.09. The van der Waals surface area contributed by atoms with E-state index in [4.69, 9.17) is 4.42 Å². The Morgan fingerprint density at radius 2 is 1.96 bits per heavy atom. The molecule has 0 atom stereocenters. The molecule has 0 saturated heterocycles. The Balaban J connectivity index is 1.69. The van der Waals surface area contributed by atoms with Crippen LogP contribution in [0.4, 0.5) is 17.2 Å². The van der Waals surface area contributed by atoms with E-state index in [1.165, 1.54) is 5.69 Å². The van der Waals surface area contributed by atoms with Crippen LogP contribution in [0.2, 0.25) is 0 Å². The lowest BCUT2D eigenvalue weighted by atomic mass is 10.1. The van der Waals surface area contributed by atoms with Crippen LogP contribution in [0.15, 0.2) is 59.3 Å². The van der Waals surface area contributed by atoms with Crippen molar-refractivity contribution >= 4 is 23.1 Å². The molecule has 0 aliphatic carbocycles. The Bertz CT molecular complexity index is 918. The van der Waals surface area contributed by atoms with Gasteiger partial charge in [-0.2, -0.15) is 0 Å². The third kappa shape index (κ3) is 4.71. The molecule has 6 heteroatoms. The minimum Gasteiger partial charge on any atom is -0.467 e. The molecular weight excluding hydrogens is 352 g/mol. The number of benzene rings is 1. The lowest BCUT2D eigenvalue weighted by Crippen LogP contribution is -2.22. The van der Waals surface area contributed by atoms with Crippen molar-refractivity contribution in [2.75, 3.05) is 23.3 Å². The van der Waals surface area contributed by atoms with Crippen molar-refractivity contribution in [3.8, 4) is 0 Å². The Labute approximate surface area is 165 Å². The van der Waals surface area contributed by atoms with Gasteiger partial charge in [-0.1, -0.05) is 0 Å². The highest BCUT2D eigenvalue weighted by molar-refractivity contribution is 5.94. The summed E-state index contributed by atoms with van der Waals surface area (Å²) in [7, 11) is 0.